The van der Waals surface area contributed by atoms with E-state index in [1.807, 2.05) is 41.1 Å². The van der Waals surface area contributed by atoms with Crippen LogP contribution in [0.1, 0.15) is 41.3 Å². The van der Waals surface area contributed by atoms with Crippen molar-refractivity contribution in [2.75, 3.05) is 13.7 Å². The quantitative estimate of drug-likeness (QED) is 0.661. The summed E-state index contributed by atoms with van der Waals surface area (Å²) in [5.41, 5.74) is 2.18. The average molecular weight is 342 g/mol. The van der Waals surface area contributed by atoms with E-state index >= 15 is 0 Å². The molecule has 1 N–H and O–H groups in total. The molecule has 1 amide bonds. The van der Waals surface area contributed by atoms with E-state index in [0.717, 1.165) is 24.2 Å². The van der Waals surface area contributed by atoms with Gasteiger partial charge in [0.1, 0.15) is 17.7 Å². The van der Waals surface area contributed by atoms with Crippen LogP contribution in [0.3, 0.4) is 0 Å². The normalized spacial score (nSPS) is 12.4. The fourth-order valence-electron chi connectivity index (χ4n) is 2.75. The van der Waals surface area contributed by atoms with E-state index in [0.29, 0.717) is 18.1 Å². The molecule has 0 aliphatic heterocycles. The Morgan fingerprint density at radius 1 is 1.44 bits per heavy atom. The summed E-state index contributed by atoms with van der Waals surface area (Å²) in [4.78, 5) is 17.0. The lowest BCUT2D eigenvalue weighted by molar-refractivity contribution is 0.0933. The van der Waals surface area contributed by atoms with Crippen molar-refractivity contribution < 1.29 is 9.53 Å². The van der Waals surface area contributed by atoms with Gasteiger partial charge in [-0.3, -0.25) is 4.79 Å². The van der Waals surface area contributed by atoms with Gasteiger partial charge in [0.05, 0.1) is 6.04 Å². The number of ether oxygens (including phenoxy) is 1. The molecule has 132 valence electrons. The zero-order valence-corrected chi connectivity index (χ0v) is 14.6. The zero-order valence-electron chi connectivity index (χ0n) is 14.6. The van der Waals surface area contributed by atoms with E-state index in [1.165, 1.54) is 0 Å². The minimum Gasteiger partial charge on any atom is -0.385 e. The Hall–Kier alpha value is -2.74. The van der Waals surface area contributed by atoms with Crippen LogP contribution in [0.4, 0.5) is 0 Å². The largest absolute Gasteiger partial charge is 0.385 e. The maximum Gasteiger partial charge on any atom is 0.272 e. The molecule has 0 radical (unpaired) electrons. The van der Waals surface area contributed by atoms with Gasteiger partial charge in [-0.05, 0) is 31.9 Å². The highest BCUT2D eigenvalue weighted by atomic mass is 16.5. The number of methoxy groups -OCH3 is 1. The van der Waals surface area contributed by atoms with Gasteiger partial charge in [-0.15, -0.1) is 10.2 Å². The third-order valence-corrected chi connectivity index (χ3v) is 4.04. The van der Waals surface area contributed by atoms with Gasteiger partial charge in [0.15, 0.2) is 5.82 Å². The van der Waals surface area contributed by atoms with Crippen molar-refractivity contribution in [3.8, 4) is 0 Å². The van der Waals surface area contributed by atoms with Crippen LogP contribution in [0.2, 0.25) is 0 Å². The molecule has 1 atom stereocenters. The van der Waals surface area contributed by atoms with Crippen molar-refractivity contribution in [2.45, 2.75) is 32.9 Å². The monoisotopic (exact) mass is 342 g/mol. The summed E-state index contributed by atoms with van der Waals surface area (Å²) in [5, 5.41) is 11.0. The highest BCUT2D eigenvalue weighted by molar-refractivity contribution is 5.93. The number of nitrogens with zero attached hydrogens (tertiary/aromatic N) is 5. The molecule has 0 aliphatic carbocycles. The predicted molar refractivity (Wildman–Crippen MR) is 92.3 cm³/mol. The minimum atomic E-state index is -0.275. The second-order valence-electron chi connectivity index (χ2n) is 5.97. The molecule has 3 rings (SSSR count). The number of rotatable bonds is 7. The van der Waals surface area contributed by atoms with Gasteiger partial charge in [0, 0.05) is 32.7 Å². The van der Waals surface area contributed by atoms with Crippen LogP contribution in [0.5, 0.6) is 0 Å². The molecule has 8 heteroatoms. The van der Waals surface area contributed by atoms with Crippen molar-refractivity contribution in [2.24, 2.45) is 0 Å². The number of nitrogens with one attached hydrogen (secondary N) is 1. The van der Waals surface area contributed by atoms with Crippen molar-refractivity contribution in [1.29, 1.82) is 0 Å². The Labute approximate surface area is 145 Å². The number of hydrogen-bond acceptors (Lipinski definition) is 5. The van der Waals surface area contributed by atoms with Crippen molar-refractivity contribution in [1.82, 2.24) is 29.5 Å². The van der Waals surface area contributed by atoms with Crippen LogP contribution in [0, 0.1) is 6.92 Å². The first-order chi connectivity index (χ1) is 12.1. The van der Waals surface area contributed by atoms with Crippen LogP contribution in [0.25, 0.3) is 5.65 Å². The summed E-state index contributed by atoms with van der Waals surface area (Å²) >= 11 is 0. The van der Waals surface area contributed by atoms with Gasteiger partial charge in [0.25, 0.3) is 5.91 Å². The number of fused-ring (bicyclic) bond motifs is 1. The Balaban J connectivity index is 1.72. The van der Waals surface area contributed by atoms with E-state index in [9.17, 15) is 4.79 Å². The third kappa shape index (κ3) is 3.69. The number of imidazole rings is 1. The number of hydrogen-bond donors (Lipinski definition) is 1. The van der Waals surface area contributed by atoms with Gasteiger partial charge in [-0.25, -0.2) is 4.98 Å². The van der Waals surface area contributed by atoms with Crippen molar-refractivity contribution in [3.63, 3.8) is 0 Å². The molecule has 0 spiro atoms. The zero-order chi connectivity index (χ0) is 17.8. The molecule has 3 aromatic heterocycles. The molecule has 0 saturated carbocycles. The molecule has 0 aromatic carbocycles. The molecule has 0 saturated heterocycles. The summed E-state index contributed by atoms with van der Waals surface area (Å²) in [6.07, 6.45) is 6.13. The standard InChI is InChI=1S/C17H22N6O2/c1-12-6-4-7-22-10-14(20-15(12)22)17(24)19-13(2)16-21-18-11-23(16)8-5-9-25-3/h4,6-7,10-11,13H,5,8-9H2,1-3H3,(H,19,24). The average Bonchev–Trinajstić information content (AvgIpc) is 3.22. The minimum absolute atomic E-state index is 0.234. The van der Waals surface area contributed by atoms with E-state index in [-0.39, 0.29) is 11.9 Å². The fourth-order valence-corrected chi connectivity index (χ4v) is 2.75. The summed E-state index contributed by atoms with van der Waals surface area (Å²) < 4.78 is 8.84. The second kappa shape index (κ2) is 7.43. The van der Waals surface area contributed by atoms with Crippen LogP contribution < -0.4 is 5.32 Å². The van der Waals surface area contributed by atoms with Crippen LogP contribution >= 0.6 is 0 Å². The number of pyridine rings is 1. The molecule has 0 fully saturated rings. The number of carbonyl (C=O) groups excluding carboxylic acids is 1. The number of amides is 1. The Kier molecular flexibility index (Phi) is 5.08. The maximum absolute atomic E-state index is 12.5. The lowest BCUT2D eigenvalue weighted by Gasteiger charge is -2.14. The van der Waals surface area contributed by atoms with Gasteiger partial charge in [0.2, 0.25) is 0 Å². The smallest absolute Gasteiger partial charge is 0.272 e. The van der Waals surface area contributed by atoms with Gasteiger partial charge in [-0.1, -0.05) is 6.07 Å². The first-order valence-corrected chi connectivity index (χ1v) is 8.22. The topological polar surface area (TPSA) is 86.3 Å². The number of aromatic nitrogens is 5. The van der Waals surface area contributed by atoms with Gasteiger partial charge >= 0.3 is 0 Å². The molecule has 8 nitrogen and oxygen atoms in total. The second-order valence-corrected chi connectivity index (χ2v) is 5.97. The molecular weight excluding hydrogens is 320 g/mol. The molecule has 3 aromatic rings. The summed E-state index contributed by atoms with van der Waals surface area (Å²) in [5.74, 6) is 0.478. The molecule has 0 bridgehead atoms. The molecule has 1 unspecified atom stereocenters. The van der Waals surface area contributed by atoms with E-state index in [4.69, 9.17) is 4.74 Å². The summed E-state index contributed by atoms with van der Waals surface area (Å²) in [6.45, 7) is 5.26. The highest BCUT2D eigenvalue weighted by Crippen LogP contribution is 2.13. The first-order valence-electron chi connectivity index (χ1n) is 8.22. The van der Waals surface area contributed by atoms with E-state index in [1.54, 1.807) is 19.6 Å². The third-order valence-electron chi connectivity index (χ3n) is 4.04. The SMILES string of the molecule is COCCCn1cnnc1C(C)NC(=O)c1cn2cccc(C)c2n1. The lowest BCUT2D eigenvalue weighted by Crippen LogP contribution is -2.29. The number of aryl methyl sites for hydroxylation is 2. The predicted octanol–water partition coefficient (Wildman–Crippen LogP) is 1.76. The highest BCUT2D eigenvalue weighted by Gasteiger charge is 2.18. The van der Waals surface area contributed by atoms with Crippen LogP contribution in [0.15, 0.2) is 30.9 Å². The van der Waals surface area contributed by atoms with E-state index < -0.39 is 0 Å². The molecule has 3 heterocycles. The van der Waals surface area contributed by atoms with E-state index in [2.05, 4.69) is 20.5 Å². The Morgan fingerprint density at radius 2 is 2.28 bits per heavy atom. The molecular formula is C17H22N6O2. The maximum atomic E-state index is 12.5. The molecule has 25 heavy (non-hydrogen) atoms. The summed E-state index contributed by atoms with van der Waals surface area (Å²) in [6, 6.07) is 3.62. The van der Waals surface area contributed by atoms with Crippen LogP contribution in [-0.2, 0) is 11.3 Å². The van der Waals surface area contributed by atoms with Gasteiger partial charge in [-0.2, -0.15) is 0 Å². The Bertz CT molecular complexity index is 869. The Morgan fingerprint density at radius 3 is 3.04 bits per heavy atom. The molecule has 0 aliphatic rings. The number of carbonyl (C=O) groups is 1. The van der Waals surface area contributed by atoms with Crippen molar-refractivity contribution in [3.05, 3.63) is 47.9 Å². The van der Waals surface area contributed by atoms with Crippen LogP contribution in [-0.4, -0.2) is 43.8 Å². The summed E-state index contributed by atoms with van der Waals surface area (Å²) in [7, 11) is 1.67. The lowest BCUT2D eigenvalue weighted by atomic mass is 10.3. The first kappa shape index (κ1) is 17.1. The van der Waals surface area contributed by atoms with Gasteiger partial charge < -0.3 is 19.0 Å². The van der Waals surface area contributed by atoms with Crippen molar-refractivity contribution >= 4 is 11.6 Å². The fraction of sp³-hybridized carbons (Fsp3) is 0.412.